The van der Waals surface area contributed by atoms with Gasteiger partial charge in [0, 0.05) is 24.7 Å². The van der Waals surface area contributed by atoms with Crippen LogP contribution in [-0.2, 0) is 17.5 Å². The number of nitrogens with one attached hydrogen (secondary N) is 2. The molecule has 0 aliphatic heterocycles. The van der Waals surface area contributed by atoms with E-state index < -0.39 is 17.6 Å². The van der Waals surface area contributed by atoms with Crippen molar-refractivity contribution in [3.8, 4) is 0 Å². The van der Waals surface area contributed by atoms with Gasteiger partial charge < -0.3 is 10.6 Å². The minimum Gasteiger partial charge on any atom is -0.348 e. The van der Waals surface area contributed by atoms with Gasteiger partial charge in [0.05, 0.1) is 5.56 Å². The number of halogens is 3. The number of carbonyl (C=O) groups excluding carboxylic acids is 2. The van der Waals surface area contributed by atoms with Crippen molar-refractivity contribution in [2.24, 2.45) is 0 Å². The molecule has 0 aliphatic carbocycles. The monoisotopic (exact) mass is 365 g/mol. The van der Waals surface area contributed by atoms with Crippen molar-refractivity contribution in [1.82, 2.24) is 10.3 Å². The first-order chi connectivity index (χ1) is 12.1. The zero-order chi connectivity index (χ0) is 19.5. The van der Waals surface area contributed by atoms with Crippen molar-refractivity contribution in [3.05, 3.63) is 58.3 Å². The molecule has 1 aromatic carbocycles. The average Bonchev–Trinajstić information content (AvgIpc) is 2.51. The highest BCUT2D eigenvalue weighted by Crippen LogP contribution is 2.32. The normalized spacial score (nSPS) is 11.2. The van der Waals surface area contributed by atoms with Crippen LogP contribution in [-0.4, -0.2) is 16.8 Å². The molecule has 1 aromatic heterocycles. The third kappa shape index (κ3) is 4.81. The number of pyridine rings is 1. The molecule has 0 unspecified atom stereocenters. The summed E-state index contributed by atoms with van der Waals surface area (Å²) in [6.07, 6.45) is -4.44. The maximum atomic E-state index is 13.0. The van der Waals surface area contributed by atoms with Crippen LogP contribution < -0.4 is 10.6 Å². The summed E-state index contributed by atoms with van der Waals surface area (Å²) >= 11 is 0. The first kappa shape index (κ1) is 19.4. The zero-order valence-electron chi connectivity index (χ0n) is 14.5. The number of carbonyl (C=O) groups is 2. The Morgan fingerprint density at radius 3 is 2.46 bits per heavy atom. The third-order valence-electron chi connectivity index (χ3n) is 3.71. The van der Waals surface area contributed by atoms with Gasteiger partial charge in [0.15, 0.2) is 0 Å². The Morgan fingerprint density at radius 2 is 1.85 bits per heavy atom. The Hall–Kier alpha value is -2.90. The van der Waals surface area contributed by atoms with E-state index in [2.05, 4.69) is 15.6 Å². The smallest absolute Gasteiger partial charge is 0.348 e. The number of anilines is 1. The summed E-state index contributed by atoms with van der Waals surface area (Å²) in [6, 6.07) is 6.78. The molecular weight excluding hydrogens is 347 g/mol. The summed E-state index contributed by atoms with van der Waals surface area (Å²) in [5, 5.41) is 5.09. The number of aromatic nitrogens is 1. The van der Waals surface area contributed by atoms with Crippen molar-refractivity contribution in [1.29, 1.82) is 0 Å². The summed E-state index contributed by atoms with van der Waals surface area (Å²) in [4.78, 5) is 27.5. The van der Waals surface area contributed by atoms with Gasteiger partial charge in [-0.25, -0.2) is 4.98 Å². The van der Waals surface area contributed by atoms with Gasteiger partial charge in [-0.05, 0) is 43.2 Å². The molecule has 2 N–H and O–H groups in total. The lowest BCUT2D eigenvalue weighted by Gasteiger charge is -2.14. The number of amides is 2. The Kier molecular flexibility index (Phi) is 5.64. The van der Waals surface area contributed by atoms with Crippen LogP contribution in [0.2, 0.25) is 0 Å². The first-order valence-electron chi connectivity index (χ1n) is 7.78. The summed E-state index contributed by atoms with van der Waals surface area (Å²) < 4.78 is 38.9. The van der Waals surface area contributed by atoms with Gasteiger partial charge in [-0.2, -0.15) is 13.2 Å². The summed E-state index contributed by atoms with van der Waals surface area (Å²) in [5.74, 6) is -0.564. The molecule has 2 rings (SSSR count). The summed E-state index contributed by atoms with van der Waals surface area (Å²) in [6.45, 7) is 4.31. The number of nitrogens with zero attached hydrogens (tertiary/aromatic N) is 1. The molecule has 5 nitrogen and oxygen atoms in total. The zero-order valence-corrected chi connectivity index (χ0v) is 14.5. The molecule has 0 saturated carbocycles. The summed E-state index contributed by atoms with van der Waals surface area (Å²) in [5.41, 5.74) is 0.505. The number of benzene rings is 1. The van der Waals surface area contributed by atoms with Gasteiger partial charge in [-0.3, -0.25) is 9.59 Å². The van der Waals surface area contributed by atoms with Crippen molar-refractivity contribution < 1.29 is 22.8 Å². The first-order valence-corrected chi connectivity index (χ1v) is 7.78. The lowest BCUT2D eigenvalue weighted by molar-refractivity contribution is -0.138. The van der Waals surface area contributed by atoms with E-state index in [1.807, 2.05) is 0 Å². The number of aryl methyl sites for hydroxylation is 1. The van der Waals surface area contributed by atoms with Crippen molar-refractivity contribution >= 4 is 17.6 Å². The number of alkyl halides is 3. The van der Waals surface area contributed by atoms with E-state index in [1.54, 1.807) is 6.92 Å². The van der Waals surface area contributed by atoms with Crippen LogP contribution in [0.15, 0.2) is 30.3 Å². The van der Waals surface area contributed by atoms with Gasteiger partial charge in [-0.1, -0.05) is 12.1 Å². The minimum atomic E-state index is -4.44. The number of hydrogen-bond donors (Lipinski definition) is 2. The highest BCUT2D eigenvalue weighted by Gasteiger charge is 2.32. The molecule has 26 heavy (non-hydrogen) atoms. The summed E-state index contributed by atoms with van der Waals surface area (Å²) in [7, 11) is 0. The Bertz CT molecular complexity index is 848. The van der Waals surface area contributed by atoms with Crippen molar-refractivity contribution in [3.63, 3.8) is 0 Å². The molecule has 0 radical (unpaired) electrons. The molecule has 0 bridgehead atoms. The van der Waals surface area contributed by atoms with Crippen LogP contribution in [0.3, 0.4) is 0 Å². The van der Waals surface area contributed by atoms with E-state index in [4.69, 9.17) is 0 Å². The molecule has 0 spiro atoms. The maximum absolute atomic E-state index is 13.0. The predicted octanol–water partition coefficient (Wildman–Crippen LogP) is 3.61. The van der Waals surface area contributed by atoms with E-state index in [0.717, 1.165) is 6.07 Å². The lowest BCUT2D eigenvalue weighted by atomic mass is 10.0. The van der Waals surface area contributed by atoms with Gasteiger partial charge >= 0.3 is 6.18 Å². The standard InChI is InChI=1S/C18H18F3N3O2/c1-10-7-14(8-16(23-10)24-12(3)25)17(26)22-9-13-5-4-6-15(11(13)2)18(19,20)21/h4-8H,9H2,1-3H3,(H,22,26)(H,23,24,25). The highest BCUT2D eigenvalue weighted by atomic mass is 19.4. The average molecular weight is 365 g/mol. The second kappa shape index (κ2) is 7.55. The second-order valence-corrected chi connectivity index (χ2v) is 5.83. The van der Waals surface area contributed by atoms with E-state index in [1.165, 1.54) is 38.1 Å². The SMILES string of the molecule is CC(=O)Nc1cc(C(=O)NCc2cccc(C(F)(F)F)c2C)cc(C)n1. The van der Waals surface area contributed by atoms with Crippen molar-refractivity contribution in [2.45, 2.75) is 33.5 Å². The fourth-order valence-corrected chi connectivity index (χ4v) is 2.50. The number of hydrogen-bond acceptors (Lipinski definition) is 3. The molecule has 0 fully saturated rings. The molecule has 0 saturated heterocycles. The van der Waals surface area contributed by atoms with Crippen LogP contribution in [0.5, 0.6) is 0 Å². The van der Waals surface area contributed by atoms with Crippen LogP contribution in [0.4, 0.5) is 19.0 Å². The highest BCUT2D eigenvalue weighted by molar-refractivity contribution is 5.96. The van der Waals surface area contributed by atoms with Crippen LogP contribution >= 0.6 is 0 Å². The Balaban J connectivity index is 2.17. The maximum Gasteiger partial charge on any atom is 0.416 e. The van der Waals surface area contributed by atoms with E-state index in [9.17, 15) is 22.8 Å². The van der Waals surface area contributed by atoms with Crippen LogP contribution in [0, 0.1) is 13.8 Å². The van der Waals surface area contributed by atoms with E-state index in [0.29, 0.717) is 11.3 Å². The Labute approximate surface area is 148 Å². The molecule has 0 aliphatic rings. The largest absolute Gasteiger partial charge is 0.416 e. The molecule has 1 heterocycles. The van der Waals surface area contributed by atoms with Gasteiger partial charge in [0.25, 0.3) is 5.91 Å². The molecule has 138 valence electrons. The number of rotatable bonds is 4. The fraction of sp³-hybridized carbons (Fsp3) is 0.278. The van der Waals surface area contributed by atoms with Gasteiger partial charge in [-0.15, -0.1) is 0 Å². The van der Waals surface area contributed by atoms with Crippen LogP contribution in [0.1, 0.15) is 39.7 Å². The molecule has 8 heteroatoms. The second-order valence-electron chi connectivity index (χ2n) is 5.83. The molecule has 2 aromatic rings. The molecular formula is C18H18F3N3O2. The van der Waals surface area contributed by atoms with Gasteiger partial charge in [0.1, 0.15) is 5.82 Å². The minimum absolute atomic E-state index is 0.0502. The quantitative estimate of drug-likeness (QED) is 0.870. The van der Waals surface area contributed by atoms with E-state index >= 15 is 0 Å². The fourth-order valence-electron chi connectivity index (χ4n) is 2.50. The lowest BCUT2D eigenvalue weighted by Crippen LogP contribution is -2.24. The van der Waals surface area contributed by atoms with Crippen molar-refractivity contribution in [2.75, 3.05) is 5.32 Å². The third-order valence-corrected chi connectivity index (χ3v) is 3.71. The molecule has 0 atom stereocenters. The van der Waals surface area contributed by atoms with Crippen LogP contribution in [0.25, 0.3) is 0 Å². The predicted molar refractivity (Wildman–Crippen MR) is 90.6 cm³/mol. The van der Waals surface area contributed by atoms with E-state index in [-0.39, 0.29) is 29.4 Å². The van der Waals surface area contributed by atoms with Gasteiger partial charge in [0.2, 0.25) is 5.91 Å². The molecule has 2 amide bonds. The Morgan fingerprint density at radius 1 is 1.15 bits per heavy atom. The topological polar surface area (TPSA) is 71.1 Å².